The number of benzene rings is 1. The number of ether oxygens (including phenoxy) is 2. The second-order valence-electron chi connectivity index (χ2n) is 9.07. The molecule has 0 saturated carbocycles. The van der Waals surface area contributed by atoms with Gasteiger partial charge in [0, 0.05) is 29.9 Å². The van der Waals surface area contributed by atoms with Crippen LogP contribution in [0.1, 0.15) is 83.1 Å². The van der Waals surface area contributed by atoms with Crippen LogP contribution in [0.2, 0.25) is 0 Å². The lowest BCUT2D eigenvalue weighted by molar-refractivity contribution is -0.153. The Bertz CT molecular complexity index is 850. The van der Waals surface area contributed by atoms with Gasteiger partial charge in [-0.2, -0.15) is 0 Å². The minimum absolute atomic E-state index is 0.193. The van der Waals surface area contributed by atoms with E-state index in [0.29, 0.717) is 12.8 Å². The molecule has 2 aromatic rings. The van der Waals surface area contributed by atoms with E-state index < -0.39 is 18.1 Å². The lowest BCUT2D eigenvalue weighted by Gasteiger charge is -2.15. The zero-order valence-electron chi connectivity index (χ0n) is 20.6. The third-order valence-corrected chi connectivity index (χ3v) is 6.01. The predicted molar refractivity (Wildman–Crippen MR) is 134 cm³/mol. The fourth-order valence-corrected chi connectivity index (χ4v) is 3.97. The van der Waals surface area contributed by atoms with E-state index in [9.17, 15) is 14.7 Å². The molecule has 7 nitrogen and oxygen atoms in total. The van der Waals surface area contributed by atoms with Crippen molar-refractivity contribution in [1.82, 2.24) is 4.98 Å². The Kier molecular flexibility index (Phi) is 13.3. The molecule has 0 spiro atoms. The molecular weight excluding hydrogens is 432 g/mol. The summed E-state index contributed by atoms with van der Waals surface area (Å²) in [6.45, 7) is 1.78. The molecule has 7 heteroatoms. The number of nitrogens with two attached hydrogens (primary N) is 1. The Morgan fingerprint density at radius 2 is 1.56 bits per heavy atom. The average molecular weight is 475 g/mol. The molecule has 0 aliphatic carbocycles. The van der Waals surface area contributed by atoms with Crippen LogP contribution >= 0.6 is 0 Å². The smallest absolute Gasteiger partial charge is 0.323 e. The van der Waals surface area contributed by atoms with E-state index >= 15 is 0 Å². The molecule has 0 radical (unpaired) electrons. The fourth-order valence-electron chi connectivity index (χ4n) is 3.97. The second kappa shape index (κ2) is 16.3. The number of esters is 2. The van der Waals surface area contributed by atoms with Crippen LogP contribution in [0.3, 0.4) is 0 Å². The minimum atomic E-state index is -1.07. The average Bonchev–Trinajstić information content (AvgIpc) is 3.25. The SMILES string of the molecule is CCCCCCCCCCCCC(=O)OCC(O)COC(=O)[C@@H](N)Cc1c[nH]c2ccccc12. The van der Waals surface area contributed by atoms with E-state index in [2.05, 4.69) is 11.9 Å². The monoisotopic (exact) mass is 474 g/mol. The van der Waals surface area contributed by atoms with Gasteiger partial charge in [0.25, 0.3) is 0 Å². The molecule has 190 valence electrons. The van der Waals surface area contributed by atoms with Crippen molar-refractivity contribution in [2.24, 2.45) is 5.73 Å². The summed E-state index contributed by atoms with van der Waals surface area (Å²) in [5, 5.41) is 11.0. The molecule has 0 bridgehead atoms. The summed E-state index contributed by atoms with van der Waals surface area (Å²) < 4.78 is 10.2. The number of unbranched alkanes of at least 4 members (excludes halogenated alkanes) is 9. The number of aliphatic hydroxyl groups excluding tert-OH is 1. The summed E-state index contributed by atoms with van der Waals surface area (Å²) in [5.74, 6) is -0.929. The number of H-pyrrole nitrogens is 1. The van der Waals surface area contributed by atoms with Gasteiger partial charge in [0.1, 0.15) is 25.4 Å². The third kappa shape index (κ3) is 10.7. The number of carbonyl (C=O) groups is 2. The Hall–Kier alpha value is -2.38. The highest BCUT2D eigenvalue weighted by Crippen LogP contribution is 2.19. The normalized spacial score (nSPS) is 13.0. The first-order chi connectivity index (χ1) is 16.5. The third-order valence-electron chi connectivity index (χ3n) is 6.01. The maximum absolute atomic E-state index is 12.2. The topological polar surface area (TPSA) is 115 Å². The first-order valence-corrected chi connectivity index (χ1v) is 12.8. The van der Waals surface area contributed by atoms with Gasteiger partial charge in [-0.3, -0.25) is 9.59 Å². The highest BCUT2D eigenvalue weighted by Gasteiger charge is 2.19. The molecule has 0 saturated heterocycles. The van der Waals surface area contributed by atoms with Gasteiger partial charge in [0.15, 0.2) is 0 Å². The number of hydrogen-bond donors (Lipinski definition) is 3. The maximum atomic E-state index is 12.2. The Balaban J connectivity index is 1.50. The molecule has 0 aliphatic rings. The standard InChI is InChI=1S/C27H42N2O5/c1-2-3-4-5-6-7-8-9-10-11-16-26(31)33-19-22(30)20-34-27(32)24(28)17-21-18-29-25-15-13-12-14-23(21)25/h12-15,18,22,24,29-30H,2-11,16-17,19-20,28H2,1H3/t22?,24-/m0/s1. The molecule has 1 unspecified atom stereocenters. The molecule has 0 fully saturated rings. The van der Waals surface area contributed by atoms with Gasteiger partial charge >= 0.3 is 11.9 Å². The second-order valence-corrected chi connectivity index (χ2v) is 9.07. The number of hydrogen-bond acceptors (Lipinski definition) is 6. The zero-order chi connectivity index (χ0) is 24.6. The van der Waals surface area contributed by atoms with Crippen molar-refractivity contribution in [3.63, 3.8) is 0 Å². The van der Waals surface area contributed by atoms with Gasteiger partial charge in [-0.1, -0.05) is 82.9 Å². The molecule has 0 aliphatic heterocycles. The number of rotatable bonds is 18. The highest BCUT2D eigenvalue weighted by atomic mass is 16.6. The van der Waals surface area contributed by atoms with Crippen LogP contribution in [0.25, 0.3) is 10.9 Å². The predicted octanol–water partition coefficient (Wildman–Crippen LogP) is 4.80. The van der Waals surface area contributed by atoms with Crippen molar-refractivity contribution in [3.05, 3.63) is 36.0 Å². The van der Waals surface area contributed by atoms with Crippen molar-refractivity contribution in [1.29, 1.82) is 0 Å². The number of nitrogens with one attached hydrogen (secondary N) is 1. The van der Waals surface area contributed by atoms with E-state index in [1.165, 1.54) is 44.9 Å². The summed E-state index contributed by atoms with van der Waals surface area (Å²) in [6.07, 6.45) is 13.4. The fraction of sp³-hybridized carbons (Fsp3) is 0.630. The van der Waals surface area contributed by atoms with Crippen LogP contribution in [0.4, 0.5) is 0 Å². The van der Waals surface area contributed by atoms with Gasteiger partial charge in [-0.15, -0.1) is 0 Å². The number of carbonyl (C=O) groups excluding carboxylic acids is 2. The first kappa shape index (κ1) is 27.9. The largest absolute Gasteiger partial charge is 0.463 e. The number of aliphatic hydroxyl groups is 1. The summed E-state index contributed by atoms with van der Waals surface area (Å²) >= 11 is 0. The molecule has 1 aromatic carbocycles. The molecule has 34 heavy (non-hydrogen) atoms. The van der Waals surface area contributed by atoms with Gasteiger partial charge in [0.2, 0.25) is 0 Å². The number of aromatic amines is 1. The molecule has 4 N–H and O–H groups in total. The lowest BCUT2D eigenvalue weighted by atomic mass is 10.1. The molecular formula is C27H42N2O5. The van der Waals surface area contributed by atoms with Crippen molar-refractivity contribution in [2.45, 2.75) is 96.1 Å². The number of fused-ring (bicyclic) bond motifs is 1. The van der Waals surface area contributed by atoms with Crippen LogP contribution in [0.15, 0.2) is 30.5 Å². The van der Waals surface area contributed by atoms with Gasteiger partial charge in [-0.25, -0.2) is 0 Å². The Labute approximate surface area is 203 Å². The van der Waals surface area contributed by atoms with Crippen molar-refractivity contribution < 1.29 is 24.2 Å². The highest BCUT2D eigenvalue weighted by molar-refractivity contribution is 5.84. The van der Waals surface area contributed by atoms with E-state index in [4.69, 9.17) is 15.2 Å². The lowest BCUT2D eigenvalue weighted by Crippen LogP contribution is -2.36. The summed E-state index contributed by atoms with van der Waals surface area (Å²) in [6, 6.07) is 6.94. The van der Waals surface area contributed by atoms with Crippen LogP contribution in [0.5, 0.6) is 0 Å². The quantitative estimate of drug-likeness (QED) is 0.211. The van der Waals surface area contributed by atoms with Crippen molar-refractivity contribution >= 4 is 22.8 Å². The summed E-state index contributed by atoms with van der Waals surface area (Å²) in [4.78, 5) is 27.2. The summed E-state index contributed by atoms with van der Waals surface area (Å²) in [7, 11) is 0. The van der Waals surface area contributed by atoms with Crippen LogP contribution in [-0.4, -0.2) is 47.4 Å². The first-order valence-electron chi connectivity index (χ1n) is 12.8. The van der Waals surface area contributed by atoms with E-state index in [1.54, 1.807) is 0 Å². The Morgan fingerprint density at radius 1 is 0.941 bits per heavy atom. The van der Waals surface area contributed by atoms with Crippen LogP contribution in [-0.2, 0) is 25.5 Å². The molecule has 2 rings (SSSR count). The van der Waals surface area contributed by atoms with E-state index in [1.807, 2.05) is 30.5 Å². The molecule has 1 heterocycles. The molecule has 1 aromatic heterocycles. The van der Waals surface area contributed by atoms with E-state index in [-0.39, 0.29) is 19.2 Å². The zero-order valence-corrected chi connectivity index (χ0v) is 20.6. The van der Waals surface area contributed by atoms with Crippen LogP contribution in [0, 0.1) is 0 Å². The van der Waals surface area contributed by atoms with Gasteiger partial charge in [-0.05, 0) is 18.1 Å². The minimum Gasteiger partial charge on any atom is -0.463 e. The van der Waals surface area contributed by atoms with Gasteiger partial charge < -0.3 is 25.3 Å². The molecule has 0 amide bonds. The van der Waals surface area contributed by atoms with Crippen molar-refractivity contribution in [3.8, 4) is 0 Å². The summed E-state index contributed by atoms with van der Waals surface area (Å²) in [5.41, 5.74) is 7.89. The molecule has 2 atom stereocenters. The number of aromatic nitrogens is 1. The van der Waals surface area contributed by atoms with Crippen molar-refractivity contribution in [2.75, 3.05) is 13.2 Å². The maximum Gasteiger partial charge on any atom is 0.323 e. The van der Waals surface area contributed by atoms with Gasteiger partial charge in [0.05, 0.1) is 0 Å². The Morgan fingerprint density at radius 3 is 2.26 bits per heavy atom. The number of para-hydroxylation sites is 1. The van der Waals surface area contributed by atoms with Crippen LogP contribution < -0.4 is 5.73 Å². The van der Waals surface area contributed by atoms with E-state index in [0.717, 1.165) is 35.7 Å².